The van der Waals surface area contributed by atoms with E-state index in [0.29, 0.717) is 30.1 Å². The van der Waals surface area contributed by atoms with Crippen LogP contribution >= 0.6 is 0 Å². The Bertz CT molecular complexity index is 1010. The lowest BCUT2D eigenvalue weighted by Crippen LogP contribution is -2.24. The minimum atomic E-state index is -0.109. The van der Waals surface area contributed by atoms with Crippen molar-refractivity contribution in [2.45, 2.75) is 19.3 Å². The number of methoxy groups -OCH3 is 1. The molecule has 1 saturated heterocycles. The van der Waals surface area contributed by atoms with Crippen LogP contribution in [0.4, 0.5) is 11.4 Å². The monoisotopic (exact) mass is 389 g/mol. The summed E-state index contributed by atoms with van der Waals surface area (Å²) in [6, 6.07) is 17.2. The van der Waals surface area contributed by atoms with Gasteiger partial charge in [-0.3, -0.25) is 9.59 Å². The summed E-state index contributed by atoms with van der Waals surface area (Å²) in [4.78, 5) is 26.3. The van der Waals surface area contributed by atoms with E-state index in [1.807, 2.05) is 53.4 Å². The second-order valence-corrected chi connectivity index (χ2v) is 7.02. The van der Waals surface area contributed by atoms with Gasteiger partial charge in [-0.25, -0.2) is 0 Å². The number of nitrogens with one attached hydrogen (secondary N) is 1. The van der Waals surface area contributed by atoms with Gasteiger partial charge >= 0.3 is 0 Å². The van der Waals surface area contributed by atoms with Crippen LogP contribution in [0.25, 0.3) is 5.69 Å². The van der Waals surface area contributed by atoms with Crippen LogP contribution in [0.3, 0.4) is 0 Å². The molecule has 2 heterocycles. The van der Waals surface area contributed by atoms with Gasteiger partial charge in [0.15, 0.2) is 0 Å². The minimum Gasteiger partial charge on any atom is -0.495 e. The molecule has 0 radical (unpaired) electrons. The topological polar surface area (TPSA) is 63.6 Å². The zero-order valence-electron chi connectivity index (χ0n) is 16.3. The molecule has 3 aromatic rings. The molecule has 0 spiro atoms. The normalized spacial score (nSPS) is 13.6. The third-order valence-electron chi connectivity index (χ3n) is 5.03. The number of carbonyl (C=O) groups is 2. The number of benzene rings is 2. The van der Waals surface area contributed by atoms with E-state index in [2.05, 4.69) is 5.32 Å². The van der Waals surface area contributed by atoms with Crippen LogP contribution in [0.2, 0.25) is 0 Å². The highest BCUT2D eigenvalue weighted by Crippen LogP contribution is 2.34. The maximum Gasteiger partial charge on any atom is 0.228 e. The van der Waals surface area contributed by atoms with E-state index in [9.17, 15) is 9.59 Å². The van der Waals surface area contributed by atoms with Gasteiger partial charge in [-0.15, -0.1) is 0 Å². The van der Waals surface area contributed by atoms with Gasteiger partial charge in [0, 0.05) is 36.7 Å². The summed E-state index contributed by atoms with van der Waals surface area (Å²) in [5.74, 6) is 0.594. The molecule has 1 aromatic heterocycles. The van der Waals surface area contributed by atoms with E-state index in [0.717, 1.165) is 17.7 Å². The molecule has 2 amide bonds. The molecule has 0 unspecified atom stereocenters. The molecule has 2 aromatic carbocycles. The Kier molecular flexibility index (Phi) is 5.33. The Morgan fingerprint density at radius 2 is 1.86 bits per heavy atom. The third kappa shape index (κ3) is 4.16. The summed E-state index contributed by atoms with van der Waals surface area (Å²) in [7, 11) is 1.58. The molecule has 4 rings (SSSR count). The standard InChI is InChI=1S/C23H23N3O3/c1-29-21-11-8-18(16-20(21)26-14-4-5-23(26)28)24-22(27)15-17-6-9-19(10-7-17)25-12-2-3-13-25/h2-3,6-13,16H,4-5,14-15H2,1H3,(H,24,27). The lowest BCUT2D eigenvalue weighted by Gasteiger charge is -2.20. The summed E-state index contributed by atoms with van der Waals surface area (Å²) in [6.07, 6.45) is 5.61. The van der Waals surface area contributed by atoms with Crippen LogP contribution in [0.15, 0.2) is 67.0 Å². The number of amides is 2. The van der Waals surface area contributed by atoms with Crippen molar-refractivity contribution >= 4 is 23.2 Å². The molecular formula is C23H23N3O3. The van der Waals surface area contributed by atoms with Gasteiger partial charge in [0.1, 0.15) is 5.75 Å². The van der Waals surface area contributed by atoms with Crippen LogP contribution in [-0.2, 0) is 16.0 Å². The molecule has 148 valence electrons. The van der Waals surface area contributed by atoms with Crippen molar-refractivity contribution in [1.82, 2.24) is 4.57 Å². The number of hydrogen-bond donors (Lipinski definition) is 1. The molecule has 0 aliphatic carbocycles. The number of carbonyl (C=O) groups excluding carboxylic acids is 2. The maximum atomic E-state index is 12.5. The number of aromatic nitrogens is 1. The van der Waals surface area contributed by atoms with E-state index in [1.54, 1.807) is 30.2 Å². The van der Waals surface area contributed by atoms with Crippen molar-refractivity contribution < 1.29 is 14.3 Å². The average molecular weight is 389 g/mol. The second-order valence-electron chi connectivity index (χ2n) is 7.02. The Hall–Kier alpha value is -3.54. The van der Waals surface area contributed by atoms with Crippen LogP contribution in [0.1, 0.15) is 18.4 Å². The lowest BCUT2D eigenvalue weighted by atomic mass is 10.1. The SMILES string of the molecule is COc1ccc(NC(=O)Cc2ccc(-n3cccc3)cc2)cc1N1CCCC1=O. The first-order chi connectivity index (χ1) is 14.1. The maximum absolute atomic E-state index is 12.5. The summed E-state index contributed by atoms with van der Waals surface area (Å²) >= 11 is 0. The number of ether oxygens (including phenoxy) is 1. The van der Waals surface area contributed by atoms with Crippen molar-refractivity contribution in [3.05, 3.63) is 72.6 Å². The molecule has 29 heavy (non-hydrogen) atoms. The molecular weight excluding hydrogens is 366 g/mol. The predicted molar refractivity (Wildman–Crippen MR) is 113 cm³/mol. The van der Waals surface area contributed by atoms with E-state index < -0.39 is 0 Å². The average Bonchev–Trinajstić information content (AvgIpc) is 3.40. The van der Waals surface area contributed by atoms with Gasteiger partial charge in [0.2, 0.25) is 11.8 Å². The molecule has 1 aliphatic rings. The van der Waals surface area contributed by atoms with Crippen molar-refractivity contribution in [3.63, 3.8) is 0 Å². The van der Waals surface area contributed by atoms with Crippen LogP contribution in [-0.4, -0.2) is 30.0 Å². The highest BCUT2D eigenvalue weighted by molar-refractivity contribution is 5.98. The molecule has 0 atom stereocenters. The molecule has 6 heteroatoms. The molecule has 0 saturated carbocycles. The second kappa shape index (κ2) is 8.22. The first kappa shape index (κ1) is 18.8. The van der Waals surface area contributed by atoms with Gasteiger partial charge in [-0.1, -0.05) is 12.1 Å². The highest BCUT2D eigenvalue weighted by Gasteiger charge is 2.24. The summed E-state index contributed by atoms with van der Waals surface area (Å²) in [6.45, 7) is 0.667. The van der Waals surface area contributed by atoms with Crippen molar-refractivity contribution in [2.24, 2.45) is 0 Å². The van der Waals surface area contributed by atoms with E-state index in [4.69, 9.17) is 4.74 Å². The van der Waals surface area contributed by atoms with Crippen LogP contribution in [0.5, 0.6) is 5.75 Å². The van der Waals surface area contributed by atoms with Crippen LogP contribution in [0, 0.1) is 0 Å². The summed E-state index contributed by atoms with van der Waals surface area (Å²) < 4.78 is 7.41. The van der Waals surface area contributed by atoms with E-state index in [1.165, 1.54) is 0 Å². The molecule has 6 nitrogen and oxygen atoms in total. The zero-order chi connectivity index (χ0) is 20.2. The smallest absolute Gasteiger partial charge is 0.228 e. The number of nitrogens with zero attached hydrogens (tertiary/aromatic N) is 2. The molecule has 0 bridgehead atoms. The van der Waals surface area contributed by atoms with Crippen molar-refractivity contribution in [1.29, 1.82) is 0 Å². The number of rotatable bonds is 6. The quantitative estimate of drug-likeness (QED) is 0.698. The first-order valence-electron chi connectivity index (χ1n) is 9.64. The molecule has 1 aliphatic heterocycles. The van der Waals surface area contributed by atoms with Gasteiger partial charge in [-0.2, -0.15) is 0 Å². The van der Waals surface area contributed by atoms with Crippen molar-refractivity contribution in [3.8, 4) is 11.4 Å². The summed E-state index contributed by atoms with van der Waals surface area (Å²) in [5.41, 5.74) is 3.33. The van der Waals surface area contributed by atoms with Crippen LogP contribution < -0.4 is 15.0 Å². The minimum absolute atomic E-state index is 0.0783. The Balaban J connectivity index is 1.45. The van der Waals surface area contributed by atoms with E-state index >= 15 is 0 Å². The molecule has 1 fully saturated rings. The van der Waals surface area contributed by atoms with Gasteiger partial charge in [-0.05, 0) is 54.4 Å². The Labute approximate surface area is 169 Å². The number of anilines is 2. The predicted octanol–water partition coefficient (Wildman–Crippen LogP) is 3.79. The fraction of sp³-hybridized carbons (Fsp3) is 0.217. The third-order valence-corrected chi connectivity index (χ3v) is 5.03. The fourth-order valence-corrected chi connectivity index (χ4v) is 3.56. The van der Waals surface area contributed by atoms with E-state index in [-0.39, 0.29) is 18.2 Å². The Morgan fingerprint density at radius 3 is 2.52 bits per heavy atom. The largest absolute Gasteiger partial charge is 0.495 e. The molecule has 1 N–H and O–H groups in total. The fourth-order valence-electron chi connectivity index (χ4n) is 3.56. The lowest BCUT2D eigenvalue weighted by molar-refractivity contribution is -0.117. The Morgan fingerprint density at radius 1 is 1.10 bits per heavy atom. The van der Waals surface area contributed by atoms with Gasteiger partial charge in [0.25, 0.3) is 0 Å². The number of hydrogen-bond acceptors (Lipinski definition) is 3. The van der Waals surface area contributed by atoms with Gasteiger partial charge in [0.05, 0.1) is 19.2 Å². The first-order valence-corrected chi connectivity index (χ1v) is 9.64. The zero-order valence-corrected chi connectivity index (χ0v) is 16.3. The van der Waals surface area contributed by atoms with Crippen molar-refractivity contribution in [2.75, 3.05) is 23.9 Å². The van der Waals surface area contributed by atoms with Gasteiger partial charge < -0.3 is 19.5 Å². The summed E-state index contributed by atoms with van der Waals surface area (Å²) in [5, 5.41) is 2.92. The highest BCUT2D eigenvalue weighted by atomic mass is 16.5.